The van der Waals surface area contributed by atoms with Crippen molar-refractivity contribution < 1.29 is 23.0 Å². The second-order valence-electron chi connectivity index (χ2n) is 7.06. The van der Waals surface area contributed by atoms with E-state index < -0.39 is 17.3 Å². The lowest BCUT2D eigenvalue weighted by atomic mass is 9.83. The van der Waals surface area contributed by atoms with Crippen molar-refractivity contribution in [3.8, 4) is 5.75 Å². The maximum atomic E-state index is 12.9. The number of halogens is 3. The summed E-state index contributed by atoms with van der Waals surface area (Å²) in [4.78, 5) is 2.17. The van der Waals surface area contributed by atoms with E-state index in [2.05, 4.69) is 4.90 Å². The summed E-state index contributed by atoms with van der Waals surface area (Å²) in [7, 11) is 1.63. The van der Waals surface area contributed by atoms with Gasteiger partial charge in [0.1, 0.15) is 5.75 Å². The Bertz CT molecular complexity index is 825. The van der Waals surface area contributed by atoms with E-state index >= 15 is 0 Å². The lowest BCUT2D eigenvalue weighted by molar-refractivity contribution is -0.137. The zero-order valence-corrected chi connectivity index (χ0v) is 15.7. The van der Waals surface area contributed by atoms with Gasteiger partial charge in [-0.15, -0.1) is 0 Å². The molecule has 0 aromatic heterocycles. The molecule has 0 unspecified atom stereocenters. The Kier molecular flexibility index (Phi) is 6.10. The van der Waals surface area contributed by atoms with Crippen molar-refractivity contribution in [3.05, 3.63) is 71.3 Å². The number of piperidine rings is 1. The second-order valence-corrected chi connectivity index (χ2v) is 7.06. The summed E-state index contributed by atoms with van der Waals surface area (Å²) in [6.45, 7) is 1.93. The Morgan fingerprint density at radius 3 is 2.50 bits per heavy atom. The third-order valence-electron chi connectivity index (χ3n) is 5.21. The monoisotopic (exact) mass is 391 g/mol. The minimum Gasteiger partial charge on any atom is -0.496 e. The number of para-hydroxylation sites is 1. The summed E-state index contributed by atoms with van der Waals surface area (Å²) in [6, 6.07) is 12.8. The molecule has 2 aromatic rings. The average Bonchev–Trinajstić information content (AvgIpc) is 2.69. The van der Waals surface area contributed by atoms with E-state index in [1.807, 2.05) is 36.4 Å². The summed E-state index contributed by atoms with van der Waals surface area (Å²) in [5, 5.41) is 10.9. The predicted molar refractivity (Wildman–Crippen MR) is 103 cm³/mol. The van der Waals surface area contributed by atoms with Gasteiger partial charge < -0.3 is 9.84 Å². The van der Waals surface area contributed by atoms with Gasteiger partial charge in [-0.3, -0.25) is 4.90 Å². The number of ether oxygens (including phenoxy) is 1. The van der Waals surface area contributed by atoms with E-state index in [1.165, 1.54) is 6.07 Å². The summed E-state index contributed by atoms with van der Waals surface area (Å²) in [6.07, 6.45) is 0.420. The lowest BCUT2D eigenvalue weighted by Gasteiger charge is -2.38. The van der Waals surface area contributed by atoms with E-state index in [-0.39, 0.29) is 0 Å². The maximum absolute atomic E-state index is 12.9. The van der Waals surface area contributed by atoms with Crippen LogP contribution in [0.4, 0.5) is 13.2 Å². The highest BCUT2D eigenvalue weighted by atomic mass is 19.4. The number of methoxy groups -OCH3 is 1. The summed E-state index contributed by atoms with van der Waals surface area (Å²) < 4.78 is 44.2. The molecule has 6 heteroatoms. The molecule has 0 bridgehead atoms. The molecule has 2 aromatic carbocycles. The van der Waals surface area contributed by atoms with Gasteiger partial charge in [-0.25, -0.2) is 0 Å². The van der Waals surface area contributed by atoms with E-state index in [4.69, 9.17) is 4.74 Å². The Morgan fingerprint density at radius 2 is 1.82 bits per heavy atom. The maximum Gasteiger partial charge on any atom is 0.416 e. The van der Waals surface area contributed by atoms with Gasteiger partial charge in [0.05, 0.1) is 18.3 Å². The first kappa shape index (κ1) is 20.4. The molecule has 0 saturated carbocycles. The number of rotatable bonds is 5. The van der Waals surface area contributed by atoms with Crippen LogP contribution in [-0.2, 0) is 11.8 Å². The predicted octanol–water partition coefficient (Wildman–Crippen LogP) is 4.71. The fourth-order valence-electron chi connectivity index (χ4n) is 3.51. The highest BCUT2D eigenvalue weighted by Gasteiger charge is 2.36. The first-order chi connectivity index (χ1) is 13.3. The number of nitrogens with zero attached hydrogens (tertiary/aromatic N) is 1. The van der Waals surface area contributed by atoms with Gasteiger partial charge >= 0.3 is 6.18 Å². The Balaban J connectivity index is 1.60. The van der Waals surface area contributed by atoms with Crippen LogP contribution in [0.2, 0.25) is 0 Å². The van der Waals surface area contributed by atoms with Gasteiger partial charge in [-0.05, 0) is 36.6 Å². The van der Waals surface area contributed by atoms with Crippen molar-refractivity contribution in [1.82, 2.24) is 4.90 Å². The summed E-state index contributed by atoms with van der Waals surface area (Å²) in [5.41, 5.74) is -0.612. The topological polar surface area (TPSA) is 32.7 Å². The van der Waals surface area contributed by atoms with Crippen LogP contribution in [0, 0.1) is 0 Å². The van der Waals surface area contributed by atoms with Gasteiger partial charge in [0.15, 0.2) is 0 Å². The largest absolute Gasteiger partial charge is 0.496 e. The normalized spacial score (nSPS) is 17.8. The minimum atomic E-state index is -4.41. The van der Waals surface area contributed by atoms with Crippen LogP contribution in [0.5, 0.6) is 5.75 Å². The number of hydrogen-bond donors (Lipinski definition) is 1. The molecule has 3 rings (SSSR count). The Hall–Kier alpha value is -2.31. The van der Waals surface area contributed by atoms with Crippen molar-refractivity contribution >= 4 is 6.08 Å². The third kappa shape index (κ3) is 4.75. The van der Waals surface area contributed by atoms with Gasteiger partial charge in [-0.2, -0.15) is 13.2 Å². The van der Waals surface area contributed by atoms with E-state index in [9.17, 15) is 18.3 Å². The number of hydrogen-bond acceptors (Lipinski definition) is 3. The van der Waals surface area contributed by atoms with Crippen LogP contribution in [0.3, 0.4) is 0 Å². The fourth-order valence-corrected chi connectivity index (χ4v) is 3.51. The molecule has 1 fully saturated rings. The first-order valence-corrected chi connectivity index (χ1v) is 9.24. The zero-order chi connectivity index (χ0) is 20.2. The molecule has 3 nitrogen and oxygen atoms in total. The highest BCUT2D eigenvalue weighted by molar-refractivity contribution is 5.57. The molecule has 0 atom stereocenters. The van der Waals surface area contributed by atoms with Crippen LogP contribution in [0.1, 0.15) is 29.5 Å². The van der Waals surface area contributed by atoms with Crippen LogP contribution in [-0.4, -0.2) is 36.8 Å². The standard InChI is InChI=1S/C22H24F3NO2/c1-28-20-10-3-2-6-17(20)7-5-13-26-14-11-21(27,12-15-26)18-8-4-9-19(16-18)22(23,24)25/h2-10,16,27H,11-15H2,1H3/b7-5-. The van der Waals surface area contributed by atoms with E-state index in [1.54, 1.807) is 13.2 Å². The minimum absolute atomic E-state index is 0.339. The molecule has 1 heterocycles. The Morgan fingerprint density at radius 1 is 1.11 bits per heavy atom. The van der Waals surface area contributed by atoms with Gasteiger partial charge in [0.25, 0.3) is 0 Å². The number of benzene rings is 2. The lowest BCUT2D eigenvalue weighted by Crippen LogP contribution is -2.42. The smallest absolute Gasteiger partial charge is 0.416 e. The molecule has 0 amide bonds. The van der Waals surface area contributed by atoms with Crippen molar-refractivity contribution in [2.45, 2.75) is 24.6 Å². The molecular weight excluding hydrogens is 367 g/mol. The van der Waals surface area contributed by atoms with Gasteiger partial charge in [0.2, 0.25) is 0 Å². The molecule has 0 spiro atoms. The molecule has 0 aliphatic carbocycles. The molecular formula is C22H24F3NO2. The summed E-state index contributed by atoms with van der Waals surface area (Å²) >= 11 is 0. The van der Waals surface area contributed by atoms with Crippen molar-refractivity contribution in [2.24, 2.45) is 0 Å². The molecule has 1 saturated heterocycles. The van der Waals surface area contributed by atoms with E-state index in [0.29, 0.717) is 38.0 Å². The molecule has 28 heavy (non-hydrogen) atoms. The second kappa shape index (κ2) is 8.37. The third-order valence-corrected chi connectivity index (χ3v) is 5.21. The number of aliphatic hydroxyl groups is 1. The zero-order valence-electron chi connectivity index (χ0n) is 15.7. The van der Waals surface area contributed by atoms with Crippen LogP contribution in [0.15, 0.2) is 54.6 Å². The quantitative estimate of drug-likeness (QED) is 0.801. The fraction of sp³-hybridized carbons (Fsp3) is 0.364. The number of likely N-dealkylation sites (tertiary alicyclic amines) is 1. The van der Waals surface area contributed by atoms with E-state index in [0.717, 1.165) is 23.4 Å². The van der Waals surface area contributed by atoms with Crippen LogP contribution in [0.25, 0.3) is 6.08 Å². The van der Waals surface area contributed by atoms with Crippen molar-refractivity contribution in [3.63, 3.8) is 0 Å². The number of alkyl halides is 3. The SMILES string of the molecule is COc1ccccc1/C=C\CN1CCC(O)(c2cccc(C(F)(F)F)c2)CC1. The first-order valence-electron chi connectivity index (χ1n) is 9.24. The van der Waals surface area contributed by atoms with Crippen molar-refractivity contribution in [2.75, 3.05) is 26.7 Å². The molecule has 1 aliphatic rings. The van der Waals surface area contributed by atoms with Gasteiger partial charge in [-0.1, -0.05) is 42.5 Å². The molecule has 1 N–H and O–H groups in total. The molecule has 1 aliphatic heterocycles. The summed E-state index contributed by atoms with van der Waals surface area (Å²) in [5.74, 6) is 0.802. The highest BCUT2D eigenvalue weighted by Crippen LogP contribution is 2.36. The molecule has 0 radical (unpaired) electrons. The average molecular weight is 391 g/mol. The van der Waals surface area contributed by atoms with Crippen LogP contribution >= 0.6 is 0 Å². The molecule has 150 valence electrons. The van der Waals surface area contributed by atoms with Crippen LogP contribution < -0.4 is 4.74 Å². The van der Waals surface area contributed by atoms with Gasteiger partial charge in [0, 0.05) is 25.2 Å². The Labute approximate surface area is 163 Å². The van der Waals surface area contributed by atoms with Crippen molar-refractivity contribution in [1.29, 1.82) is 0 Å².